The summed E-state index contributed by atoms with van der Waals surface area (Å²) in [6.45, 7) is 8.42. The minimum Gasteiger partial charge on any atom is -0.452 e. The fraction of sp³-hybridized carbons (Fsp3) is 0.462. The number of amides is 1. The van der Waals surface area contributed by atoms with Crippen LogP contribution in [0.2, 0.25) is 0 Å². The number of hydrogen-bond donors (Lipinski definition) is 1. The van der Waals surface area contributed by atoms with Crippen molar-refractivity contribution in [3.63, 3.8) is 0 Å². The first-order valence-electron chi connectivity index (χ1n) is 10.9. The number of carbonyl (C=O) groups is 2. The Hall–Kier alpha value is -2.62. The number of para-hydroxylation sites is 1. The van der Waals surface area contributed by atoms with Crippen molar-refractivity contribution in [3.05, 3.63) is 54.6 Å². The highest BCUT2D eigenvalue weighted by Gasteiger charge is 2.34. The van der Waals surface area contributed by atoms with Crippen LogP contribution in [0.15, 0.2) is 54.6 Å². The van der Waals surface area contributed by atoms with Crippen LogP contribution in [0.4, 0.5) is 5.69 Å². The van der Waals surface area contributed by atoms with Crippen molar-refractivity contribution in [1.82, 2.24) is 0 Å². The zero-order valence-corrected chi connectivity index (χ0v) is 18.5. The van der Waals surface area contributed by atoms with Crippen LogP contribution in [0, 0.1) is 17.3 Å². The van der Waals surface area contributed by atoms with E-state index in [1.807, 2.05) is 54.6 Å². The van der Waals surface area contributed by atoms with E-state index in [1.165, 1.54) is 0 Å². The molecule has 0 aliphatic heterocycles. The van der Waals surface area contributed by atoms with E-state index in [-0.39, 0.29) is 23.2 Å². The molecular weight excluding hydrogens is 374 g/mol. The van der Waals surface area contributed by atoms with Gasteiger partial charge in [-0.15, -0.1) is 0 Å². The first-order chi connectivity index (χ1) is 14.3. The lowest BCUT2D eigenvalue weighted by molar-refractivity contribution is -0.158. The van der Waals surface area contributed by atoms with Crippen LogP contribution < -0.4 is 5.32 Å². The molecule has 0 saturated heterocycles. The summed E-state index contributed by atoms with van der Waals surface area (Å²) in [7, 11) is 0. The Morgan fingerprint density at radius 2 is 1.53 bits per heavy atom. The van der Waals surface area contributed by atoms with Crippen LogP contribution in [-0.4, -0.2) is 18.0 Å². The van der Waals surface area contributed by atoms with Gasteiger partial charge in [0.1, 0.15) is 0 Å². The van der Waals surface area contributed by atoms with Gasteiger partial charge in [-0.25, -0.2) is 0 Å². The summed E-state index contributed by atoms with van der Waals surface area (Å²) in [5.74, 6) is -0.0244. The minimum absolute atomic E-state index is 0.101. The van der Waals surface area contributed by atoms with Crippen LogP contribution in [-0.2, 0) is 14.3 Å². The van der Waals surface area contributed by atoms with E-state index in [4.69, 9.17) is 4.74 Å². The third kappa shape index (κ3) is 5.50. The van der Waals surface area contributed by atoms with Gasteiger partial charge >= 0.3 is 5.97 Å². The summed E-state index contributed by atoms with van der Waals surface area (Å²) in [6, 6.07) is 17.5. The molecule has 2 aromatic rings. The average Bonchev–Trinajstić information content (AvgIpc) is 2.74. The van der Waals surface area contributed by atoms with Gasteiger partial charge in [-0.1, -0.05) is 69.3 Å². The molecule has 0 heterocycles. The zero-order valence-electron chi connectivity index (χ0n) is 18.5. The predicted molar refractivity (Wildman–Crippen MR) is 121 cm³/mol. The van der Waals surface area contributed by atoms with Gasteiger partial charge in [0.15, 0.2) is 6.10 Å². The van der Waals surface area contributed by atoms with Crippen LogP contribution in [0.3, 0.4) is 0 Å². The smallest absolute Gasteiger partial charge is 0.309 e. The van der Waals surface area contributed by atoms with Gasteiger partial charge in [0.05, 0.1) is 5.92 Å². The van der Waals surface area contributed by atoms with Gasteiger partial charge in [-0.05, 0) is 55.6 Å². The maximum atomic E-state index is 12.7. The Bertz CT molecular complexity index is 861. The average molecular weight is 408 g/mol. The highest BCUT2D eigenvalue weighted by atomic mass is 16.5. The van der Waals surface area contributed by atoms with E-state index in [9.17, 15) is 9.59 Å². The molecule has 3 rings (SSSR count). The molecular formula is C26H33NO3. The number of anilines is 1. The third-order valence-corrected chi connectivity index (χ3v) is 6.22. The quantitative estimate of drug-likeness (QED) is 0.612. The molecule has 0 aromatic heterocycles. The first-order valence-corrected chi connectivity index (χ1v) is 10.9. The van der Waals surface area contributed by atoms with Crippen LogP contribution in [0.25, 0.3) is 11.1 Å². The summed E-state index contributed by atoms with van der Waals surface area (Å²) >= 11 is 0. The summed E-state index contributed by atoms with van der Waals surface area (Å²) in [4.78, 5) is 25.3. The van der Waals surface area contributed by atoms with Gasteiger partial charge in [0, 0.05) is 11.3 Å². The van der Waals surface area contributed by atoms with Crippen molar-refractivity contribution < 1.29 is 14.3 Å². The maximum absolute atomic E-state index is 12.7. The van der Waals surface area contributed by atoms with E-state index in [0.29, 0.717) is 11.6 Å². The fourth-order valence-corrected chi connectivity index (χ4v) is 4.22. The molecule has 0 spiro atoms. The molecule has 160 valence electrons. The highest BCUT2D eigenvalue weighted by molar-refractivity contribution is 5.98. The lowest BCUT2D eigenvalue weighted by atomic mass is 9.70. The van der Waals surface area contributed by atoms with Crippen molar-refractivity contribution in [3.8, 4) is 11.1 Å². The van der Waals surface area contributed by atoms with Crippen molar-refractivity contribution in [2.24, 2.45) is 17.3 Å². The van der Waals surface area contributed by atoms with Gasteiger partial charge < -0.3 is 10.1 Å². The lowest BCUT2D eigenvalue weighted by Crippen LogP contribution is -2.34. The van der Waals surface area contributed by atoms with Crippen molar-refractivity contribution >= 4 is 17.6 Å². The van der Waals surface area contributed by atoms with E-state index < -0.39 is 6.10 Å². The zero-order chi connectivity index (χ0) is 21.7. The predicted octanol–water partition coefficient (Wildman–Crippen LogP) is 6.08. The van der Waals surface area contributed by atoms with Crippen LogP contribution in [0.1, 0.15) is 53.4 Å². The fourth-order valence-electron chi connectivity index (χ4n) is 4.22. The molecule has 1 N–H and O–H groups in total. The van der Waals surface area contributed by atoms with Gasteiger partial charge in [-0.2, -0.15) is 0 Å². The molecule has 1 aliphatic carbocycles. The van der Waals surface area contributed by atoms with Gasteiger partial charge in [0.25, 0.3) is 5.91 Å². The summed E-state index contributed by atoms with van der Waals surface area (Å²) in [5.41, 5.74) is 2.94. The number of benzene rings is 2. The molecule has 1 saturated carbocycles. The van der Waals surface area contributed by atoms with Crippen molar-refractivity contribution in [2.75, 3.05) is 5.32 Å². The molecule has 1 atom stereocenters. The van der Waals surface area contributed by atoms with E-state index in [0.717, 1.165) is 36.8 Å². The Balaban J connectivity index is 1.58. The van der Waals surface area contributed by atoms with Gasteiger partial charge in [0.2, 0.25) is 0 Å². The minimum atomic E-state index is -0.832. The second-order valence-electron chi connectivity index (χ2n) is 9.39. The SMILES string of the molecule is C[C@H](OC(=O)C1CCC(C(C)(C)C)CC1)C(=O)Nc1ccccc1-c1ccccc1. The Labute approximate surface area is 180 Å². The van der Waals surface area contributed by atoms with Gasteiger partial charge in [-0.3, -0.25) is 9.59 Å². The highest BCUT2D eigenvalue weighted by Crippen LogP contribution is 2.40. The molecule has 1 fully saturated rings. The number of carbonyl (C=O) groups excluding carboxylic acids is 2. The van der Waals surface area contributed by atoms with E-state index in [2.05, 4.69) is 26.1 Å². The number of esters is 1. The Morgan fingerprint density at radius 3 is 2.17 bits per heavy atom. The summed E-state index contributed by atoms with van der Waals surface area (Å²) in [5, 5.41) is 2.93. The topological polar surface area (TPSA) is 55.4 Å². The standard InChI is InChI=1S/C26H33NO3/c1-18(30-25(29)20-14-16-21(17-15-20)26(2,3)4)24(28)27-23-13-9-8-12-22(23)19-10-6-5-7-11-19/h5-13,18,20-21H,14-17H2,1-4H3,(H,27,28)/t18-,20?,21?/m0/s1. The molecule has 4 heteroatoms. The molecule has 1 amide bonds. The second-order valence-corrected chi connectivity index (χ2v) is 9.39. The number of hydrogen-bond acceptors (Lipinski definition) is 3. The molecule has 1 aliphatic rings. The molecule has 0 unspecified atom stereocenters. The van der Waals surface area contributed by atoms with Crippen LogP contribution >= 0.6 is 0 Å². The first kappa shape index (κ1) is 22.1. The molecule has 0 radical (unpaired) electrons. The van der Waals surface area contributed by atoms with Crippen molar-refractivity contribution in [1.29, 1.82) is 0 Å². The van der Waals surface area contributed by atoms with E-state index in [1.54, 1.807) is 6.92 Å². The normalized spacial score (nSPS) is 20.3. The molecule has 30 heavy (non-hydrogen) atoms. The summed E-state index contributed by atoms with van der Waals surface area (Å²) < 4.78 is 5.54. The second kappa shape index (κ2) is 9.46. The third-order valence-electron chi connectivity index (χ3n) is 6.22. The molecule has 4 nitrogen and oxygen atoms in total. The number of ether oxygens (including phenoxy) is 1. The van der Waals surface area contributed by atoms with Crippen molar-refractivity contribution in [2.45, 2.75) is 59.5 Å². The van der Waals surface area contributed by atoms with E-state index >= 15 is 0 Å². The summed E-state index contributed by atoms with van der Waals surface area (Å²) in [6.07, 6.45) is 2.92. The van der Waals surface area contributed by atoms with Crippen LogP contribution in [0.5, 0.6) is 0 Å². The largest absolute Gasteiger partial charge is 0.452 e. The Morgan fingerprint density at radius 1 is 0.933 bits per heavy atom. The lowest BCUT2D eigenvalue weighted by Gasteiger charge is -2.36. The number of nitrogens with one attached hydrogen (secondary N) is 1. The maximum Gasteiger partial charge on any atom is 0.309 e. The number of rotatable bonds is 5. The Kier molecular flexibility index (Phi) is 6.96. The monoisotopic (exact) mass is 407 g/mol. The molecule has 0 bridgehead atoms. The molecule has 2 aromatic carbocycles.